The molecule has 4 heterocycles. The Balaban J connectivity index is 1.33. The second kappa shape index (κ2) is 7.58. The molecular formula is C20H25N3O4. The van der Waals surface area contributed by atoms with Gasteiger partial charge in [-0.3, -0.25) is 9.59 Å². The molecule has 0 aliphatic carbocycles. The molecule has 1 unspecified atom stereocenters. The smallest absolute Gasteiger partial charge is 0.276 e. The molecule has 0 radical (unpaired) electrons. The molecule has 0 aromatic carbocycles. The third-order valence-corrected chi connectivity index (χ3v) is 5.59. The maximum absolute atomic E-state index is 12.8. The van der Waals surface area contributed by atoms with Gasteiger partial charge in [-0.2, -0.15) is 0 Å². The molecule has 2 fully saturated rings. The molecule has 4 rings (SSSR count). The van der Waals surface area contributed by atoms with Crippen molar-refractivity contribution >= 4 is 11.8 Å². The lowest BCUT2D eigenvalue weighted by molar-refractivity contribution is -0.138. The first-order valence-electron chi connectivity index (χ1n) is 9.70. The van der Waals surface area contributed by atoms with Crippen molar-refractivity contribution in [2.24, 2.45) is 11.8 Å². The fourth-order valence-corrected chi connectivity index (χ4v) is 4.05. The van der Waals surface area contributed by atoms with Gasteiger partial charge in [0.15, 0.2) is 11.5 Å². The van der Waals surface area contributed by atoms with E-state index < -0.39 is 0 Å². The van der Waals surface area contributed by atoms with Gasteiger partial charge in [0.25, 0.3) is 5.91 Å². The molecular weight excluding hydrogens is 346 g/mol. The molecule has 7 nitrogen and oxygen atoms in total. The quantitative estimate of drug-likeness (QED) is 0.828. The molecule has 2 amide bonds. The minimum atomic E-state index is -0.158. The molecule has 2 saturated heterocycles. The summed E-state index contributed by atoms with van der Waals surface area (Å²) in [5.41, 5.74) is 0.274. The van der Waals surface area contributed by atoms with Crippen LogP contribution in [0.3, 0.4) is 0 Å². The van der Waals surface area contributed by atoms with Gasteiger partial charge in [0.05, 0.1) is 6.26 Å². The average molecular weight is 371 g/mol. The zero-order valence-corrected chi connectivity index (χ0v) is 15.6. The molecule has 0 N–H and O–H groups in total. The fraction of sp³-hybridized carbons (Fsp3) is 0.550. The SMILES string of the molecule is CC1CCCN(C(=O)C2CCN(C(=O)c3cc(-c4ccco4)on3)CC2)C1. The lowest BCUT2D eigenvalue weighted by Crippen LogP contribution is -2.47. The average Bonchev–Trinajstić information content (AvgIpc) is 3.38. The van der Waals surface area contributed by atoms with Crippen molar-refractivity contribution in [1.29, 1.82) is 0 Å². The Morgan fingerprint density at radius 2 is 1.93 bits per heavy atom. The number of nitrogens with zero attached hydrogens (tertiary/aromatic N) is 3. The molecule has 0 saturated carbocycles. The Bertz CT molecular complexity index is 790. The van der Waals surface area contributed by atoms with E-state index in [1.807, 2.05) is 4.90 Å². The largest absolute Gasteiger partial charge is 0.461 e. The Labute approximate surface area is 158 Å². The van der Waals surface area contributed by atoms with Crippen LogP contribution < -0.4 is 0 Å². The van der Waals surface area contributed by atoms with Crippen LogP contribution >= 0.6 is 0 Å². The number of likely N-dealkylation sites (tertiary alicyclic amines) is 2. The standard InChI is InChI=1S/C20H25N3O4/c1-14-4-2-8-23(13-14)19(24)15-6-9-22(10-7-15)20(25)16-12-18(27-21-16)17-5-3-11-26-17/h3,5,11-12,14-15H,2,4,6-10,13H2,1H3. The molecule has 2 aromatic heterocycles. The molecule has 27 heavy (non-hydrogen) atoms. The van der Waals surface area contributed by atoms with Gasteiger partial charge in [0.2, 0.25) is 11.7 Å². The van der Waals surface area contributed by atoms with E-state index in [0.29, 0.717) is 43.4 Å². The number of furan rings is 1. The number of carbonyl (C=O) groups excluding carboxylic acids is 2. The fourth-order valence-electron chi connectivity index (χ4n) is 4.05. The van der Waals surface area contributed by atoms with Crippen molar-refractivity contribution in [1.82, 2.24) is 15.0 Å². The lowest BCUT2D eigenvalue weighted by atomic mass is 9.92. The molecule has 2 aromatic rings. The van der Waals surface area contributed by atoms with Gasteiger partial charge in [0.1, 0.15) is 0 Å². The molecule has 0 spiro atoms. The first kappa shape index (κ1) is 17.8. The number of amides is 2. The summed E-state index contributed by atoms with van der Waals surface area (Å²) >= 11 is 0. The highest BCUT2D eigenvalue weighted by Crippen LogP contribution is 2.25. The van der Waals surface area contributed by atoms with Crippen molar-refractivity contribution in [2.45, 2.75) is 32.6 Å². The van der Waals surface area contributed by atoms with Crippen molar-refractivity contribution in [3.8, 4) is 11.5 Å². The summed E-state index contributed by atoms with van der Waals surface area (Å²) in [5.74, 6) is 1.69. The Morgan fingerprint density at radius 1 is 1.11 bits per heavy atom. The van der Waals surface area contributed by atoms with Crippen LogP contribution in [0.1, 0.15) is 43.1 Å². The molecule has 2 aliphatic rings. The first-order chi connectivity index (χ1) is 13.1. The number of rotatable bonds is 3. The van der Waals surface area contributed by atoms with E-state index in [9.17, 15) is 9.59 Å². The number of hydrogen-bond acceptors (Lipinski definition) is 5. The van der Waals surface area contributed by atoms with Crippen LogP contribution in [0.2, 0.25) is 0 Å². The third kappa shape index (κ3) is 3.77. The second-order valence-electron chi connectivity index (χ2n) is 7.65. The maximum atomic E-state index is 12.8. The van der Waals surface area contributed by atoms with E-state index in [1.165, 1.54) is 6.42 Å². The van der Waals surface area contributed by atoms with E-state index in [1.54, 1.807) is 29.4 Å². The monoisotopic (exact) mass is 371 g/mol. The van der Waals surface area contributed by atoms with Crippen LogP contribution in [0.15, 0.2) is 33.4 Å². The van der Waals surface area contributed by atoms with Crippen molar-refractivity contribution in [3.63, 3.8) is 0 Å². The maximum Gasteiger partial charge on any atom is 0.276 e. The Morgan fingerprint density at radius 3 is 2.63 bits per heavy atom. The highest BCUT2D eigenvalue weighted by atomic mass is 16.5. The summed E-state index contributed by atoms with van der Waals surface area (Å²) in [5, 5.41) is 3.88. The highest BCUT2D eigenvalue weighted by Gasteiger charge is 2.32. The summed E-state index contributed by atoms with van der Waals surface area (Å²) in [6.07, 6.45) is 5.25. The van der Waals surface area contributed by atoms with Crippen LogP contribution in [0.5, 0.6) is 0 Å². The topological polar surface area (TPSA) is 79.8 Å². The second-order valence-corrected chi connectivity index (χ2v) is 7.65. The predicted molar refractivity (Wildman–Crippen MR) is 97.8 cm³/mol. The van der Waals surface area contributed by atoms with E-state index in [0.717, 1.165) is 19.5 Å². The summed E-state index contributed by atoms with van der Waals surface area (Å²) in [6, 6.07) is 5.12. The van der Waals surface area contributed by atoms with Crippen molar-refractivity contribution in [2.75, 3.05) is 26.2 Å². The first-order valence-corrected chi connectivity index (χ1v) is 9.70. The van der Waals surface area contributed by atoms with Crippen molar-refractivity contribution in [3.05, 3.63) is 30.2 Å². The summed E-state index contributed by atoms with van der Waals surface area (Å²) < 4.78 is 10.5. The Kier molecular flexibility index (Phi) is 5.01. The molecule has 2 aliphatic heterocycles. The summed E-state index contributed by atoms with van der Waals surface area (Å²) in [7, 11) is 0. The van der Waals surface area contributed by atoms with Crippen LogP contribution in [0.25, 0.3) is 11.5 Å². The molecule has 1 atom stereocenters. The summed E-state index contributed by atoms with van der Waals surface area (Å²) in [6.45, 7) is 5.09. The van der Waals surface area contributed by atoms with E-state index in [4.69, 9.17) is 8.94 Å². The predicted octanol–water partition coefficient (Wildman–Crippen LogP) is 3.05. The Hall–Kier alpha value is -2.57. The third-order valence-electron chi connectivity index (χ3n) is 5.59. The van der Waals surface area contributed by atoms with Gasteiger partial charge in [-0.15, -0.1) is 0 Å². The highest BCUT2D eigenvalue weighted by molar-refractivity contribution is 5.93. The number of hydrogen-bond donors (Lipinski definition) is 0. The van der Waals surface area contributed by atoms with E-state index in [2.05, 4.69) is 12.1 Å². The van der Waals surface area contributed by atoms with Gasteiger partial charge in [-0.05, 0) is 43.7 Å². The van der Waals surface area contributed by atoms with Crippen LogP contribution in [0.4, 0.5) is 0 Å². The van der Waals surface area contributed by atoms with Gasteiger partial charge >= 0.3 is 0 Å². The van der Waals surface area contributed by atoms with Gasteiger partial charge in [-0.1, -0.05) is 12.1 Å². The van der Waals surface area contributed by atoms with Crippen molar-refractivity contribution < 1.29 is 18.5 Å². The molecule has 144 valence electrons. The molecule has 0 bridgehead atoms. The minimum Gasteiger partial charge on any atom is -0.461 e. The van der Waals surface area contributed by atoms with Crippen LogP contribution in [-0.4, -0.2) is 52.9 Å². The number of aromatic nitrogens is 1. The van der Waals surface area contributed by atoms with E-state index >= 15 is 0 Å². The lowest BCUT2D eigenvalue weighted by Gasteiger charge is -2.37. The molecule has 7 heteroatoms. The van der Waals surface area contributed by atoms with Gasteiger partial charge < -0.3 is 18.7 Å². The number of carbonyl (C=O) groups is 2. The van der Waals surface area contributed by atoms with Crippen LogP contribution in [0, 0.1) is 11.8 Å². The minimum absolute atomic E-state index is 0.0235. The normalized spacial score (nSPS) is 21.4. The summed E-state index contributed by atoms with van der Waals surface area (Å²) in [4.78, 5) is 29.2. The number of piperidine rings is 2. The zero-order valence-electron chi connectivity index (χ0n) is 15.6. The van der Waals surface area contributed by atoms with E-state index in [-0.39, 0.29) is 23.4 Å². The van der Waals surface area contributed by atoms with Gasteiger partial charge in [-0.25, -0.2) is 0 Å². The van der Waals surface area contributed by atoms with Crippen LogP contribution in [-0.2, 0) is 4.79 Å². The van der Waals surface area contributed by atoms with Gasteiger partial charge in [0, 0.05) is 38.2 Å². The zero-order chi connectivity index (χ0) is 18.8.